The number of carbonyl (C=O) groups excluding carboxylic acids is 1. The second-order valence-corrected chi connectivity index (χ2v) is 8.36. The van der Waals surface area contributed by atoms with E-state index in [1.54, 1.807) is 20.4 Å². The number of nitrogens with one attached hydrogen (secondary N) is 1. The van der Waals surface area contributed by atoms with Gasteiger partial charge >= 0.3 is 0 Å². The van der Waals surface area contributed by atoms with E-state index in [1.807, 2.05) is 48.3 Å². The molecule has 1 aromatic carbocycles. The topological polar surface area (TPSA) is 81.5 Å². The van der Waals surface area contributed by atoms with Crippen LogP contribution >= 0.6 is 0 Å². The highest BCUT2D eigenvalue weighted by Gasteiger charge is 2.22. The largest absolute Gasteiger partial charge is 0.497 e. The molecular formula is C25H31N5O3. The molecule has 3 aromatic rings. The van der Waals surface area contributed by atoms with Gasteiger partial charge in [0.25, 0.3) is 0 Å². The molecule has 1 amide bonds. The molecule has 8 heteroatoms. The average Bonchev–Trinajstić information content (AvgIpc) is 3.20. The van der Waals surface area contributed by atoms with Gasteiger partial charge in [0.15, 0.2) is 0 Å². The molecule has 3 heterocycles. The van der Waals surface area contributed by atoms with Crippen LogP contribution in [0, 0.1) is 0 Å². The number of benzene rings is 1. The lowest BCUT2D eigenvalue weighted by molar-refractivity contribution is -0.121. The fraction of sp³-hybridized carbons (Fsp3) is 0.400. The van der Waals surface area contributed by atoms with E-state index < -0.39 is 0 Å². The quantitative estimate of drug-likeness (QED) is 0.570. The standard InChI is InChI=1S/C25H31N5O3/c1-29-21(15-23(28-29)18-5-4-10-26-16-18)17-30-11-8-20(9-12-30)27-25(31)14-19-13-22(32-2)6-7-24(19)33-3/h4-7,10,13,15-16,20H,8-9,11-12,14,17H2,1-3H3,(H,27,31). The van der Waals surface area contributed by atoms with Crippen LogP contribution in [0.25, 0.3) is 11.3 Å². The van der Waals surface area contributed by atoms with E-state index in [0.717, 1.165) is 49.3 Å². The molecule has 1 fully saturated rings. The molecule has 0 aliphatic carbocycles. The summed E-state index contributed by atoms with van der Waals surface area (Å²) in [6.07, 6.45) is 5.72. The summed E-state index contributed by atoms with van der Waals surface area (Å²) >= 11 is 0. The summed E-state index contributed by atoms with van der Waals surface area (Å²) < 4.78 is 12.6. The minimum absolute atomic E-state index is 0.00718. The highest BCUT2D eigenvalue weighted by Crippen LogP contribution is 2.25. The Morgan fingerprint density at radius 2 is 1.97 bits per heavy atom. The molecule has 1 saturated heterocycles. The van der Waals surface area contributed by atoms with E-state index in [0.29, 0.717) is 11.5 Å². The lowest BCUT2D eigenvalue weighted by Crippen LogP contribution is -2.44. The molecule has 1 N–H and O–H groups in total. The van der Waals surface area contributed by atoms with Crippen LogP contribution < -0.4 is 14.8 Å². The van der Waals surface area contributed by atoms with E-state index in [-0.39, 0.29) is 18.4 Å². The van der Waals surface area contributed by atoms with Crippen LogP contribution in [0.2, 0.25) is 0 Å². The minimum atomic E-state index is 0.00718. The highest BCUT2D eigenvalue weighted by molar-refractivity contribution is 5.79. The lowest BCUT2D eigenvalue weighted by atomic mass is 10.0. The smallest absolute Gasteiger partial charge is 0.224 e. The zero-order valence-electron chi connectivity index (χ0n) is 19.5. The number of aryl methyl sites for hydroxylation is 1. The number of carbonyl (C=O) groups is 1. The molecule has 0 spiro atoms. The van der Waals surface area contributed by atoms with Gasteiger partial charge in [-0.05, 0) is 49.2 Å². The average molecular weight is 450 g/mol. The van der Waals surface area contributed by atoms with Gasteiger partial charge in [0.1, 0.15) is 11.5 Å². The van der Waals surface area contributed by atoms with Gasteiger partial charge in [-0.1, -0.05) is 0 Å². The Bertz CT molecular complexity index is 1070. The first kappa shape index (κ1) is 22.8. The Hall–Kier alpha value is -3.39. The zero-order chi connectivity index (χ0) is 23.2. The van der Waals surface area contributed by atoms with E-state index in [9.17, 15) is 4.79 Å². The molecule has 2 aromatic heterocycles. The van der Waals surface area contributed by atoms with Gasteiger partial charge in [-0.25, -0.2) is 0 Å². The van der Waals surface area contributed by atoms with Gasteiger partial charge < -0.3 is 14.8 Å². The van der Waals surface area contributed by atoms with Crippen molar-refractivity contribution in [2.45, 2.75) is 31.8 Å². The summed E-state index contributed by atoms with van der Waals surface area (Å²) in [5, 5.41) is 7.83. The van der Waals surface area contributed by atoms with E-state index >= 15 is 0 Å². The van der Waals surface area contributed by atoms with Gasteiger partial charge in [-0.3, -0.25) is 19.4 Å². The van der Waals surface area contributed by atoms with Crippen LogP contribution in [0.5, 0.6) is 11.5 Å². The van der Waals surface area contributed by atoms with Crippen molar-refractivity contribution < 1.29 is 14.3 Å². The number of piperidine rings is 1. The number of amides is 1. The summed E-state index contributed by atoms with van der Waals surface area (Å²) in [5.41, 5.74) is 3.96. The van der Waals surface area contributed by atoms with Crippen molar-refractivity contribution in [1.82, 2.24) is 25.0 Å². The maximum atomic E-state index is 12.7. The number of likely N-dealkylation sites (tertiary alicyclic amines) is 1. The summed E-state index contributed by atoms with van der Waals surface area (Å²) in [6.45, 7) is 2.70. The van der Waals surface area contributed by atoms with Crippen LogP contribution in [-0.2, 0) is 24.8 Å². The van der Waals surface area contributed by atoms with Crippen molar-refractivity contribution >= 4 is 5.91 Å². The Labute approximate surface area is 194 Å². The molecular weight excluding hydrogens is 418 g/mol. The second-order valence-electron chi connectivity index (χ2n) is 8.36. The maximum Gasteiger partial charge on any atom is 0.224 e. The number of methoxy groups -OCH3 is 2. The Balaban J connectivity index is 1.28. The molecule has 174 valence electrons. The Kier molecular flexibility index (Phi) is 7.24. The first-order valence-corrected chi connectivity index (χ1v) is 11.2. The van der Waals surface area contributed by atoms with Crippen molar-refractivity contribution in [3.8, 4) is 22.8 Å². The number of nitrogens with zero attached hydrogens (tertiary/aromatic N) is 4. The fourth-order valence-electron chi connectivity index (χ4n) is 4.25. The number of hydrogen-bond donors (Lipinski definition) is 1. The molecule has 0 radical (unpaired) electrons. The SMILES string of the molecule is COc1ccc(OC)c(CC(=O)NC2CCN(Cc3cc(-c4cccnc4)nn3C)CC2)c1. The molecule has 1 aliphatic rings. The number of ether oxygens (including phenoxy) is 2. The van der Waals surface area contributed by atoms with Crippen LogP contribution in [0.15, 0.2) is 48.8 Å². The van der Waals surface area contributed by atoms with Crippen molar-refractivity contribution in [1.29, 1.82) is 0 Å². The number of hydrogen-bond acceptors (Lipinski definition) is 6. The van der Waals surface area contributed by atoms with Gasteiger partial charge in [0.2, 0.25) is 5.91 Å². The van der Waals surface area contributed by atoms with Crippen LogP contribution in [0.3, 0.4) is 0 Å². The van der Waals surface area contributed by atoms with Crippen LogP contribution in [0.1, 0.15) is 24.1 Å². The molecule has 0 atom stereocenters. The second kappa shape index (κ2) is 10.5. The third-order valence-electron chi connectivity index (χ3n) is 6.11. The fourth-order valence-corrected chi connectivity index (χ4v) is 4.25. The van der Waals surface area contributed by atoms with Gasteiger partial charge in [0, 0.05) is 56.2 Å². The third-order valence-corrected chi connectivity index (χ3v) is 6.11. The molecule has 4 rings (SSSR count). The zero-order valence-corrected chi connectivity index (χ0v) is 19.5. The van der Waals surface area contributed by atoms with Crippen molar-refractivity contribution in [3.05, 3.63) is 60.0 Å². The van der Waals surface area contributed by atoms with Gasteiger partial charge in [0.05, 0.1) is 32.0 Å². The Morgan fingerprint density at radius 1 is 1.15 bits per heavy atom. The summed E-state index contributed by atoms with van der Waals surface area (Å²) in [6, 6.07) is 11.8. The highest BCUT2D eigenvalue weighted by atomic mass is 16.5. The number of rotatable bonds is 8. The number of pyridine rings is 1. The van der Waals surface area contributed by atoms with Crippen LogP contribution in [0.4, 0.5) is 0 Å². The molecule has 0 bridgehead atoms. The maximum absolute atomic E-state index is 12.7. The summed E-state index contributed by atoms with van der Waals surface area (Å²) in [7, 11) is 5.21. The van der Waals surface area contributed by atoms with E-state index in [2.05, 4.69) is 26.4 Å². The van der Waals surface area contributed by atoms with Gasteiger partial charge in [-0.15, -0.1) is 0 Å². The van der Waals surface area contributed by atoms with E-state index in [4.69, 9.17) is 9.47 Å². The number of aromatic nitrogens is 3. The molecule has 0 saturated carbocycles. The normalized spacial score (nSPS) is 14.8. The molecule has 33 heavy (non-hydrogen) atoms. The Morgan fingerprint density at radius 3 is 2.67 bits per heavy atom. The van der Waals surface area contributed by atoms with Crippen molar-refractivity contribution in [2.75, 3.05) is 27.3 Å². The molecule has 0 unspecified atom stereocenters. The first-order valence-electron chi connectivity index (χ1n) is 11.2. The van der Waals surface area contributed by atoms with Crippen molar-refractivity contribution in [3.63, 3.8) is 0 Å². The predicted octanol–water partition coefficient (Wildman–Crippen LogP) is 2.82. The third kappa shape index (κ3) is 5.70. The van der Waals surface area contributed by atoms with Crippen molar-refractivity contribution in [2.24, 2.45) is 7.05 Å². The van der Waals surface area contributed by atoms with E-state index in [1.165, 1.54) is 5.69 Å². The molecule has 1 aliphatic heterocycles. The predicted molar refractivity (Wildman–Crippen MR) is 126 cm³/mol. The van der Waals surface area contributed by atoms with Gasteiger partial charge in [-0.2, -0.15) is 5.10 Å². The lowest BCUT2D eigenvalue weighted by Gasteiger charge is -2.32. The summed E-state index contributed by atoms with van der Waals surface area (Å²) in [5.74, 6) is 1.42. The summed E-state index contributed by atoms with van der Waals surface area (Å²) in [4.78, 5) is 19.3. The minimum Gasteiger partial charge on any atom is -0.497 e. The first-order chi connectivity index (χ1) is 16.1. The van der Waals surface area contributed by atoms with Crippen LogP contribution in [-0.4, -0.2) is 58.9 Å². The monoisotopic (exact) mass is 449 g/mol. The molecule has 8 nitrogen and oxygen atoms in total.